The topological polar surface area (TPSA) is 82.5 Å². The van der Waals surface area contributed by atoms with Crippen LogP contribution in [0.15, 0.2) is 41.6 Å². The Morgan fingerprint density at radius 1 is 1.29 bits per heavy atom. The van der Waals surface area contributed by atoms with E-state index < -0.39 is 12.2 Å². The molecule has 1 aromatic carbocycles. The van der Waals surface area contributed by atoms with E-state index in [4.69, 9.17) is 9.47 Å². The molecular weight excluding hydrogens is 310 g/mol. The van der Waals surface area contributed by atoms with E-state index >= 15 is 0 Å². The number of rotatable bonds is 4. The van der Waals surface area contributed by atoms with Gasteiger partial charge in [-0.25, -0.2) is 4.98 Å². The summed E-state index contributed by atoms with van der Waals surface area (Å²) < 4.78 is 12.9. The van der Waals surface area contributed by atoms with E-state index in [-0.39, 0.29) is 11.5 Å². The summed E-state index contributed by atoms with van der Waals surface area (Å²) in [6.07, 6.45) is 1.85. The number of carbonyl (C=O) groups is 1. The van der Waals surface area contributed by atoms with Gasteiger partial charge in [0.05, 0.1) is 6.33 Å². The number of hydrogen-bond acceptors (Lipinski definition) is 5. The predicted octanol–water partition coefficient (Wildman–Crippen LogP) is 0.896. The van der Waals surface area contributed by atoms with Crippen LogP contribution in [0.25, 0.3) is 0 Å². The van der Waals surface area contributed by atoms with Crippen molar-refractivity contribution in [3.63, 3.8) is 0 Å². The minimum Gasteiger partial charge on any atom is -0.482 e. The van der Waals surface area contributed by atoms with Crippen molar-refractivity contribution < 1.29 is 14.3 Å². The summed E-state index contributed by atoms with van der Waals surface area (Å²) >= 11 is 0. The molecule has 2 unspecified atom stereocenters. The van der Waals surface area contributed by atoms with Crippen LogP contribution in [0, 0.1) is 6.92 Å². The lowest BCUT2D eigenvalue weighted by atomic mass is 10.1. The molecule has 7 nitrogen and oxygen atoms in total. The molecule has 1 aliphatic heterocycles. The largest absolute Gasteiger partial charge is 0.482 e. The Morgan fingerprint density at radius 2 is 2.00 bits per heavy atom. The first-order valence-corrected chi connectivity index (χ1v) is 7.77. The molecule has 7 heteroatoms. The summed E-state index contributed by atoms with van der Waals surface area (Å²) in [5, 5.41) is 2.78. The summed E-state index contributed by atoms with van der Waals surface area (Å²) in [5.41, 5.74) is 0.455. The van der Waals surface area contributed by atoms with E-state index in [0.29, 0.717) is 30.2 Å². The third-order valence-corrected chi connectivity index (χ3v) is 3.83. The monoisotopic (exact) mass is 329 g/mol. The van der Waals surface area contributed by atoms with E-state index in [1.165, 1.54) is 17.1 Å². The molecule has 2 heterocycles. The van der Waals surface area contributed by atoms with E-state index in [9.17, 15) is 9.59 Å². The third-order valence-electron chi connectivity index (χ3n) is 3.83. The predicted molar refractivity (Wildman–Crippen MR) is 87.2 cm³/mol. The Morgan fingerprint density at radius 3 is 2.75 bits per heavy atom. The molecule has 2 atom stereocenters. The van der Waals surface area contributed by atoms with Gasteiger partial charge in [-0.2, -0.15) is 0 Å². The highest BCUT2D eigenvalue weighted by molar-refractivity contribution is 5.82. The first-order valence-electron chi connectivity index (χ1n) is 7.77. The molecule has 1 N–H and O–H groups in total. The SMILES string of the molecule is Cc1cncn(CCNC(=O)C2Oc3ccccc3OC2C)c1=O. The quantitative estimate of drug-likeness (QED) is 0.901. The number of para-hydroxylation sites is 2. The van der Waals surface area contributed by atoms with Crippen molar-refractivity contribution in [2.75, 3.05) is 6.54 Å². The summed E-state index contributed by atoms with van der Waals surface area (Å²) in [4.78, 5) is 28.2. The maximum atomic E-state index is 12.3. The molecule has 1 aliphatic rings. The standard InChI is InChI=1S/C17H19N3O4/c1-11-9-18-10-20(17(11)22)8-7-19-16(21)15-12(2)23-13-5-3-4-6-14(13)24-15/h3-6,9-10,12,15H,7-8H2,1-2H3,(H,19,21). The fourth-order valence-corrected chi connectivity index (χ4v) is 2.53. The number of ether oxygens (including phenoxy) is 2. The Balaban J connectivity index is 1.59. The van der Waals surface area contributed by atoms with Crippen LogP contribution in [-0.4, -0.2) is 34.2 Å². The van der Waals surface area contributed by atoms with Crippen LogP contribution in [0.3, 0.4) is 0 Å². The van der Waals surface area contributed by atoms with Crippen LogP contribution in [0.4, 0.5) is 0 Å². The Bertz CT molecular complexity index is 802. The van der Waals surface area contributed by atoms with Crippen LogP contribution in [0.2, 0.25) is 0 Å². The van der Waals surface area contributed by atoms with Gasteiger partial charge in [-0.15, -0.1) is 0 Å². The number of amides is 1. The van der Waals surface area contributed by atoms with Crippen molar-refractivity contribution in [1.82, 2.24) is 14.9 Å². The van der Waals surface area contributed by atoms with Gasteiger partial charge in [0.25, 0.3) is 11.5 Å². The number of aromatic nitrogens is 2. The van der Waals surface area contributed by atoms with Crippen molar-refractivity contribution in [2.45, 2.75) is 32.6 Å². The average Bonchev–Trinajstić information content (AvgIpc) is 2.58. The van der Waals surface area contributed by atoms with Gasteiger partial charge in [-0.1, -0.05) is 12.1 Å². The first-order chi connectivity index (χ1) is 11.6. The van der Waals surface area contributed by atoms with Gasteiger partial charge in [0, 0.05) is 24.8 Å². The van der Waals surface area contributed by atoms with Gasteiger partial charge in [0.2, 0.25) is 6.10 Å². The number of nitrogens with zero attached hydrogens (tertiary/aromatic N) is 2. The van der Waals surface area contributed by atoms with Crippen molar-refractivity contribution in [3.8, 4) is 11.5 Å². The smallest absolute Gasteiger partial charge is 0.265 e. The molecule has 0 saturated heterocycles. The normalized spacial score (nSPS) is 18.9. The zero-order chi connectivity index (χ0) is 17.1. The highest BCUT2D eigenvalue weighted by atomic mass is 16.6. The van der Waals surface area contributed by atoms with Crippen molar-refractivity contribution in [1.29, 1.82) is 0 Å². The maximum Gasteiger partial charge on any atom is 0.265 e. The zero-order valence-electron chi connectivity index (χ0n) is 13.6. The molecule has 2 aromatic rings. The number of carbonyl (C=O) groups excluding carboxylic acids is 1. The number of aryl methyl sites for hydroxylation is 1. The molecule has 126 valence electrons. The molecule has 1 aromatic heterocycles. The number of benzene rings is 1. The van der Waals surface area contributed by atoms with Gasteiger partial charge >= 0.3 is 0 Å². The molecule has 3 rings (SSSR count). The molecule has 0 radical (unpaired) electrons. The molecule has 0 spiro atoms. The van der Waals surface area contributed by atoms with Gasteiger partial charge in [0.1, 0.15) is 6.10 Å². The average molecular weight is 329 g/mol. The number of fused-ring (bicyclic) bond motifs is 1. The van der Waals surface area contributed by atoms with E-state index in [1.807, 2.05) is 12.1 Å². The fourth-order valence-electron chi connectivity index (χ4n) is 2.53. The summed E-state index contributed by atoms with van der Waals surface area (Å²) in [6, 6.07) is 7.24. The Kier molecular flexibility index (Phi) is 4.50. The summed E-state index contributed by atoms with van der Waals surface area (Å²) in [7, 11) is 0. The second-order valence-corrected chi connectivity index (χ2v) is 5.67. The van der Waals surface area contributed by atoms with E-state index in [1.54, 1.807) is 26.0 Å². The van der Waals surface area contributed by atoms with Crippen molar-refractivity contribution >= 4 is 5.91 Å². The van der Waals surface area contributed by atoms with Crippen LogP contribution in [0.5, 0.6) is 11.5 Å². The van der Waals surface area contributed by atoms with Gasteiger partial charge in [0.15, 0.2) is 11.5 Å². The first kappa shape index (κ1) is 16.0. The third kappa shape index (κ3) is 3.24. The highest BCUT2D eigenvalue weighted by Gasteiger charge is 2.33. The van der Waals surface area contributed by atoms with Gasteiger partial charge in [-0.05, 0) is 26.0 Å². The Hall–Kier alpha value is -2.83. The summed E-state index contributed by atoms with van der Waals surface area (Å²) in [6.45, 7) is 4.14. The maximum absolute atomic E-state index is 12.3. The number of nitrogens with one attached hydrogen (secondary N) is 1. The molecule has 0 fully saturated rings. The van der Waals surface area contributed by atoms with Crippen molar-refractivity contribution in [3.05, 3.63) is 52.7 Å². The van der Waals surface area contributed by atoms with Crippen LogP contribution in [0.1, 0.15) is 12.5 Å². The molecule has 0 saturated carbocycles. The minimum absolute atomic E-state index is 0.112. The number of hydrogen-bond donors (Lipinski definition) is 1. The molecule has 24 heavy (non-hydrogen) atoms. The molecule has 1 amide bonds. The lowest BCUT2D eigenvalue weighted by Gasteiger charge is -2.31. The van der Waals surface area contributed by atoms with Crippen LogP contribution in [-0.2, 0) is 11.3 Å². The summed E-state index contributed by atoms with van der Waals surface area (Å²) in [5.74, 6) is 0.909. The molecule has 0 aliphatic carbocycles. The zero-order valence-corrected chi connectivity index (χ0v) is 13.6. The van der Waals surface area contributed by atoms with Gasteiger partial charge in [-0.3, -0.25) is 14.2 Å². The van der Waals surface area contributed by atoms with Crippen LogP contribution >= 0.6 is 0 Å². The highest BCUT2D eigenvalue weighted by Crippen LogP contribution is 2.33. The van der Waals surface area contributed by atoms with Crippen molar-refractivity contribution in [2.24, 2.45) is 0 Å². The molecular formula is C17H19N3O4. The van der Waals surface area contributed by atoms with E-state index in [0.717, 1.165) is 0 Å². The lowest BCUT2D eigenvalue weighted by Crippen LogP contribution is -2.49. The lowest BCUT2D eigenvalue weighted by molar-refractivity contribution is -0.133. The van der Waals surface area contributed by atoms with E-state index in [2.05, 4.69) is 10.3 Å². The van der Waals surface area contributed by atoms with Gasteiger partial charge < -0.3 is 14.8 Å². The second kappa shape index (κ2) is 6.74. The second-order valence-electron chi connectivity index (χ2n) is 5.67. The van der Waals surface area contributed by atoms with Crippen LogP contribution < -0.4 is 20.3 Å². The minimum atomic E-state index is -0.729. The fraction of sp³-hybridized carbons (Fsp3) is 0.353. The Labute approximate surface area is 139 Å². The molecule has 0 bridgehead atoms.